The summed E-state index contributed by atoms with van der Waals surface area (Å²) in [5, 5.41) is 37.9. The summed E-state index contributed by atoms with van der Waals surface area (Å²) < 4.78 is 0. The van der Waals surface area contributed by atoms with Crippen LogP contribution in [0.1, 0.15) is 5.56 Å². The zero-order chi connectivity index (χ0) is 14.7. The van der Waals surface area contributed by atoms with Crippen LogP contribution in [0.4, 0.5) is 11.4 Å². The Labute approximate surface area is 110 Å². The molecular weight excluding hydrogens is 284 g/mol. The van der Waals surface area contributed by atoms with E-state index in [-0.39, 0.29) is 12.0 Å². The molecule has 102 valence electrons. The summed E-state index contributed by atoms with van der Waals surface area (Å²) in [5.41, 5.74) is -1.78. The summed E-state index contributed by atoms with van der Waals surface area (Å²) in [6.45, 7) is 0. The van der Waals surface area contributed by atoms with Crippen molar-refractivity contribution in [2.45, 2.75) is 11.8 Å². The van der Waals surface area contributed by atoms with Gasteiger partial charge in [-0.3, -0.25) is 25.0 Å². The van der Waals surface area contributed by atoms with Gasteiger partial charge < -0.3 is 10.2 Å². The van der Waals surface area contributed by atoms with Crippen LogP contribution in [0, 0.1) is 20.2 Å². The largest absolute Gasteiger partial charge is 0.497 e. The van der Waals surface area contributed by atoms with Gasteiger partial charge in [-0.2, -0.15) is 0 Å². The number of phenolic OH excluding ortho intramolecular Hbond substituents is 1. The Balaban J connectivity index is 3.30. The molecule has 9 nitrogen and oxygen atoms in total. The van der Waals surface area contributed by atoms with Crippen molar-refractivity contribution in [3.8, 4) is 5.75 Å². The number of nitro groups is 2. The van der Waals surface area contributed by atoms with Gasteiger partial charge in [-0.25, -0.2) is 0 Å². The molecule has 1 rings (SSSR count). The van der Waals surface area contributed by atoms with Crippen LogP contribution >= 0.6 is 11.6 Å². The van der Waals surface area contributed by atoms with Crippen molar-refractivity contribution >= 4 is 28.9 Å². The van der Waals surface area contributed by atoms with E-state index in [1.54, 1.807) is 0 Å². The van der Waals surface area contributed by atoms with Gasteiger partial charge in [0.2, 0.25) is 0 Å². The monoisotopic (exact) mass is 290 g/mol. The number of carboxylic acid groups (broad SMARTS) is 1. The topological polar surface area (TPSA) is 144 Å². The first-order chi connectivity index (χ1) is 8.73. The summed E-state index contributed by atoms with van der Waals surface area (Å²) in [7, 11) is 0. The van der Waals surface area contributed by atoms with Crippen molar-refractivity contribution in [3.05, 3.63) is 37.9 Å². The van der Waals surface area contributed by atoms with Gasteiger partial charge in [0.15, 0.2) is 0 Å². The van der Waals surface area contributed by atoms with Gasteiger partial charge in [0.25, 0.3) is 5.75 Å². The van der Waals surface area contributed by atoms with E-state index < -0.39 is 38.3 Å². The lowest BCUT2D eigenvalue weighted by Crippen LogP contribution is -2.16. The molecule has 0 heterocycles. The number of hydrogen-bond acceptors (Lipinski definition) is 6. The van der Waals surface area contributed by atoms with Crippen LogP contribution in [0.5, 0.6) is 5.75 Å². The Morgan fingerprint density at radius 3 is 2.00 bits per heavy atom. The maximum absolute atomic E-state index is 10.6. The van der Waals surface area contributed by atoms with Crippen LogP contribution in [0.25, 0.3) is 0 Å². The number of hydrogen-bond donors (Lipinski definition) is 2. The average Bonchev–Trinajstić information content (AvgIpc) is 2.30. The molecule has 0 unspecified atom stereocenters. The van der Waals surface area contributed by atoms with Gasteiger partial charge in [-0.05, 0) is 12.0 Å². The molecule has 0 radical (unpaired) electrons. The van der Waals surface area contributed by atoms with Gasteiger partial charge >= 0.3 is 17.3 Å². The molecule has 2 N–H and O–H groups in total. The number of nitro benzene ring substituents is 2. The third kappa shape index (κ3) is 3.28. The van der Waals surface area contributed by atoms with E-state index in [0.29, 0.717) is 0 Å². The van der Waals surface area contributed by atoms with Crippen molar-refractivity contribution in [2.75, 3.05) is 0 Å². The van der Waals surface area contributed by atoms with Crippen molar-refractivity contribution in [2.24, 2.45) is 0 Å². The molecule has 0 aromatic heterocycles. The molecule has 0 bridgehead atoms. The Morgan fingerprint density at radius 2 is 1.68 bits per heavy atom. The molecule has 0 amide bonds. The zero-order valence-electron chi connectivity index (χ0n) is 9.15. The minimum Gasteiger partial charge on any atom is -0.497 e. The summed E-state index contributed by atoms with van der Waals surface area (Å²) >= 11 is 5.45. The fraction of sp³-hybridized carbons (Fsp3) is 0.222. The number of rotatable bonds is 5. The highest BCUT2D eigenvalue weighted by molar-refractivity contribution is 6.29. The maximum Gasteiger partial charge on any atom is 0.321 e. The third-order valence-electron chi connectivity index (χ3n) is 2.21. The number of carboxylic acids is 1. The number of aromatic hydroxyl groups is 1. The van der Waals surface area contributed by atoms with Gasteiger partial charge in [-0.1, -0.05) is 0 Å². The summed E-state index contributed by atoms with van der Waals surface area (Å²) in [5.74, 6) is -2.44. The summed E-state index contributed by atoms with van der Waals surface area (Å²) in [6, 6.07) is 1.70. The summed E-state index contributed by atoms with van der Waals surface area (Å²) in [6.07, 6.45) is -0.348. The minimum absolute atomic E-state index is 0.0291. The van der Waals surface area contributed by atoms with Crippen molar-refractivity contribution < 1.29 is 24.9 Å². The number of halogens is 1. The van der Waals surface area contributed by atoms with E-state index in [4.69, 9.17) is 16.7 Å². The molecule has 0 saturated heterocycles. The van der Waals surface area contributed by atoms with Gasteiger partial charge in [0.05, 0.1) is 9.85 Å². The number of benzene rings is 1. The van der Waals surface area contributed by atoms with E-state index >= 15 is 0 Å². The Bertz CT molecular complexity index is 524. The van der Waals surface area contributed by atoms with E-state index in [1.807, 2.05) is 0 Å². The molecule has 0 spiro atoms. The first-order valence-electron chi connectivity index (χ1n) is 4.75. The highest BCUT2D eigenvalue weighted by atomic mass is 35.5. The molecule has 0 aliphatic heterocycles. The van der Waals surface area contributed by atoms with Crippen molar-refractivity contribution in [1.29, 1.82) is 0 Å². The zero-order valence-corrected chi connectivity index (χ0v) is 9.90. The van der Waals surface area contributed by atoms with Crippen LogP contribution in [0.3, 0.4) is 0 Å². The molecular formula is C9H7ClN2O7. The second kappa shape index (κ2) is 5.48. The van der Waals surface area contributed by atoms with Gasteiger partial charge in [0, 0.05) is 12.1 Å². The highest BCUT2D eigenvalue weighted by Gasteiger charge is 2.27. The number of phenols is 1. The first kappa shape index (κ1) is 14.6. The molecule has 0 saturated carbocycles. The molecule has 1 atom stereocenters. The van der Waals surface area contributed by atoms with Crippen molar-refractivity contribution in [3.63, 3.8) is 0 Å². The van der Waals surface area contributed by atoms with Crippen LogP contribution in [-0.4, -0.2) is 31.4 Å². The number of aliphatic carboxylic acids is 1. The number of alkyl halides is 1. The Morgan fingerprint density at radius 1 is 1.26 bits per heavy atom. The smallest absolute Gasteiger partial charge is 0.321 e. The lowest BCUT2D eigenvalue weighted by Gasteiger charge is -2.05. The molecule has 10 heteroatoms. The standard InChI is InChI=1S/C9H7ClN2O7/c10-5(9(14)15)1-4-2-6(11(16)17)8(13)7(3-4)12(18)19/h2-3,5,13H,1H2,(H,14,15)/t5-/m0/s1. The third-order valence-corrected chi connectivity index (χ3v) is 2.55. The fourth-order valence-electron chi connectivity index (χ4n) is 1.35. The highest BCUT2D eigenvalue weighted by Crippen LogP contribution is 2.37. The lowest BCUT2D eigenvalue weighted by molar-refractivity contribution is -0.396. The summed E-state index contributed by atoms with van der Waals surface area (Å²) in [4.78, 5) is 29.8. The van der Waals surface area contributed by atoms with E-state index in [2.05, 4.69) is 0 Å². The molecule has 1 aromatic carbocycles. The quantitative estimate of drug-likeness (QED) is 0.474. The molecule has 1 aromatic rings. The second-order valence-electron chi connectivity index (χ2n) is 3.51. The van der Waals surface area contributed by atoms with E-state index in [0.717, 1.165) is 12.1 Å². The fourth-order valence-corrected chi connectivity index (χ4v) is 1.53. The van der Waals surface area contributed by atoms with E-state index in [1.165, 1.54) is 0 Å². The van der Waals surface area contributed by atoms with Crippen LogP contribution in [0.15, 0.2) is 12.1 Å². The Kier molecular flexibility index (Phi) is 4.22. The normalized spacial score (nSPS) is 11.8. The van der Waals surface area contributed by atoms with Gasteiger partial charge in [-0.15, -0.1) is 11.6 Å². The van der Waals surface area contributed by atoms with Crippen molar-refractivity contribution in [1.82, 2.24) is 0 Å². The molecule has 0 aliphatic carbocycles. The molecule has 0 aliphatic rings. The molecule has 0 fully saturated rings. The Hall–Kier alpha value is -2.42. The predicted molar refractivity (Wildman–Crippen MR) is 62.4 cm³/mol. The molecule has 19 heavy (non-hydrogen) atoms. The second-order valence-corrected chi connectivity index (χ2v) is 4.03. The van der Waals surface area contributed by atoms with Crippen LogP contribution in [-0.2, 0) is 11.2 Å². The maximum atomic E-state index is 10.6. The number of nitrogens with zero attached hydrogens (tertiary/aromatic N) is 2. The average molecular weight is 291 g/mol. The lowest BCUT2D eigenvalue weighted by atomic mass is 10.1. The van der Waals surface area contributed by atoms with E-state index in [9.17, 15) is 30.1 Å². The van der Waals surface area contributed by atoms with Crippen LogP contribution in [0.2, 0.25) is 0 Å². The minimum atomic E-state index is -1.39. The van der Waals surface area contributed by atoms with Crippen LogP contribution < -0.4 is 0 Å². The van der Waals surface area contributed by atoms with Gasteiger partial charge in [0.1, 0.15) is 5.38 Å². The number of carbonyl (C=O) groups is 1. The predicted octanol–water partition coefficient (Wildman–Crippen LogP) is 1.44. The SMILES string of the molecule is O=C(O)[C@@H](Cl)Cc1cc([N+](=O)[O-])c(O)c([N+](=O)[O-])c1. The first-order valence-corrected chi connectivity index (χ1v) is 5.19.